The predicted molar refractivity (Wildman–Crippen MR) is 90.7 cm³/mol. The van der Waals surface area contributed by atoms with Crippen LogP contribution in [-0.4, -0.2) is 30.1 Å². The summed E-state index contributed by atoms with van der Waals surface area (Å²) >= 11 is 0. The highest BCUT2D eigenvalue weighted by Crippen LogP contribution is 2.22. The number of benzene rings is 2. The highest BCUT2D eigenvalue weighted by molar-refractivity contribution is 5.89. The third kappa shape index (κ3) is 4.17. The fourth-order valence-electron chi connectivity index (χ4n) is 2.55. The first kappa shape index (κ1) is 15.7. The first-order valence-corrected chi connectivity index (χ1v) is 7.78. The molecule has 1 atom stereocenters. The lowest BCUT2D eigenvalue weighted by molar-refractivity contribution is 0.248. The standard InChI is InChI=1S/C18H18N4O2/c19-13-22-11-10-15(12-22)21-18(23)20-14-6-8-17(9-7-14)24-16-4-2-1-3-5-16/h1-9,15H,10-12H2,(H2,20,21,23). The Morgan fingerprint density at radius 3 is 2.50 bits per heavy atom. The van der Waals surface area contributed by atoms with E-state index in [9.17, 15) is 4.79 Å². The molecular weight excluding hydrogens is 304 g/mol. The number of urea groups is 1. The Labute approximate surface area is 140 Å². The average Bonchev–Trinajstić information content (AvgIpc) is 3.05. The van der Waals surface area contributed by atoms with E-state index < -0.39 is 0 Å². The van der Waals surface area contributed by atoms with Crippen molar-refractivity contribution in [1.29, 1.82) is 5.26 Å². The van der Waals surface area contributed by atoms with Crippen molar-refractivity contribution in [3.63, 3.8) is 0 Å². The number of amides is 2. The lowest BCUT2D eigenvalue weighted by Gasteiger charge is -2.13. The van der Waals surface area contributed by atoms with Gasteiger partial charge in [-0.3, -0.25) is 0 Å². The minimum absolute atomic E-state index is 0.00494. The maximum atomic E-state index is 12.0. The van der Waals surface area contributed by atoms with Crippen LogP contribution in [-0.2, 0) is 0 Å². The van der Waals surface area contributed by atoms with Crippen molar-refractivity contribution >= 4 is 11.7 Å². The summed E-state index contributed by atoms with van der Waals surface area (Å²) in [7, 11) is 0. The van der Waals surface area contributed by atoms with Gasteiger partial charge >= 0.3 is 6.03 Å². The third-order valence-corrected chi connectivity index (χ3v) is 3.76. The summed E-state index contributed by atoms with van der Waals surface area (Å²) in [5.41, 5.74) is 0.683. The minimum Gasteiger partial charge on any atom is -0.457 e. The summed E-state index contributed by atoms with van der Waals surface area (Å²) in [6.07, 6.45) is 2.87. The molecule has 6 nitrogen and oxygen atoms in total. The number of para-hydroxylation sites is 1. The zero-order valence-corrected chi connectivity index (χ0v) is 13.1. The van der Waals surface area contributed by atoms with Crippen LogP contribution < -0.4 is 15.4 Å². The normalized spacial score (nSPS) is 16.3. The lowest BCUT2D eigenvalue weighted by Crippen LogP contribution is -2.39. The highest BCUT2D eigenvalue weighted by Gasteiger charge is 2.22. The molecule has 0 saturated carbocycles. The molecule has 1 fully saturated rings. The van der Waals surface area contributed by atoms with Gasteiger partial charge in [-0.05, 0) is 42.8 Å². The van der Waals surface area contributed by atoms with Crippen molar-refractivity contribution in [1.82, 2.24) is 10.2 Å². The summed E-state index contributed by atoms with van der Waals surface area (Å²) in [4.78, 5) is 13.6. The second kappa shape index (κ2) is 7.38. The Balaban J connectivity index is 1.51. The Morgan fingerprint density at radius 1 is 1.12 bits per heavy atom. The maximum absolute atomic E-state index is 12.0. The Morgan fingerprint density at radius 2 is 1.83 bits per heavy atom. The van der Waals surface area contributed by atoms with Gasteiger partial charge in [0, 0.05) is 18.8 Å². The molecule has 2 N–H and O–H groups in total. The van der Waals surface area contributed by atoms with Crippen LogP contribution in [0.5, 0.6) is 11.5 Å². The second-order valence-electron chi connectivity index (χ2n) is 5.57. The molecule has 24 heavy (non-hydrogen) atoms. The molecule has 0 bridgehead atoms. The van der Waals surface area contributed by atoms with Crippen molar-refractivity contribution < 1.29 is 9.53 Å². The molecule has 3 rings (SSSR count). The van der Waals surface area contributed by atoms with Crippen LogP contribution in [0.2, 0.25) is 0 Å². The Bertz CT molecular complexity index is 725. The number of hydrogen-bond donors (Lipinski definition) is 2. The third-order valence-electron chi connectivity index (χ3n) is 3.76. The van der Waals surface area contributed by atoms with Crippen LogP contribution in [0.3, 0.4) is 0 Å². The van der Waals surface area contributed by atoms with E-state index in [1.165, 1.54) is 0 Å². The second-order valence-corrected chi connectivity index (χ2v) is 5.57. The SMILES string of the molecule is N#CN1CCC(NC(=O)Nc2ccc(Oc3ccccc3)cc2)C1. The number of nitriles is 1. The maximum Gasteiger partial charge on any atom is 0.319 e. The van der Waals surface area contributed by atoms with Crippen LogP contribution >= 0.6 is 0 Å². The number of carbonyl (C=O) groups excluding carboxylic acids is 1. The van der Waals surface area contributed by atoms with Crippen LogP contribution in [0.15, 0.2) is 54.6 Å². The first-order chi connectivity index (χ1) is 11.7. The van der Waals surface area contributed by atoms with Gasteiger partial charge in [-0.25, -0.2) is 4.79 Å². The number of hydrogen-bond acceptors (Lipinski definition) is 4. The van der Waals surface area contributed by atoms with Gasteiger partial charge in [0.1, 0.15) is 11.5 Å². The van der Waals surface area contributed by atoms with Crippen LogP contribution in [0.4, 0.5) is 10.5 Å². The topological polar surface area (TPSA) is 77.4 Å². The smallest absolute Gasteiger partial charge is 0.319 e. The van der Waals surface area contributed by atoms with Gasteiger partial charge in [0.15, 0.2) is 6.19 Å². The van der Waals surface area contributed by atoms with Crippen LogP contribution in [0.1, 0.15) is 6.42 Å². The molecule has 6 heteroatoms. The van der Waals surface area contributed by atoms with E-state index in [0.717, 1.165) is 12.2 Å². The molecule has 2 amide bonds. The van der Waals surface area contributed by atoms with Crippen LogP contribution in [0.25, 0.3) is 0 Å². The van der Waals surface area contributed by atoms with E-state index in [1.807, 2.05) is 30.3 Å². The molecule has 2 aromatic carbocycles. The van der Waals surface area contributed by atoms with Gasteiger partial charge in [-0.15, -0.1) is 0 Å². The molecule has 1 aliphatic rings. The fraction of sp³-hybridized carbons (Fsp3) is 0.222. The lowest BCUT2D eigenvalue weighted by atomic mass is 10.2. The van der Waals surface area contributed by atoms with E-state index >= 15 is 0 Å². The zero-order valence-electron chi connectivity index (χ0n) is 13.1. The Kier molecular flexibility index (Phi) is 4.82. The largest absolute Gasteiger partial charge is 0.457 e. The van der Waals surface area contributed by atoms with Crippen molar-refractivity contribution in [2.75, 3.05) is 18.4 Å². The molecule has 2 aromatic rings. The fourth-order valence-corrected chi connectivity index (χ4v) is 2.55. The quantitative estimate of drug-likeness (QED) is 0.848. The first-order valence-electron chi connectivity index (χ1n) is 7.78. The molecule has 0 radical (unpaired) electrons. The summed E-state index contributed by atoms with van der Waals surface area (Å²) in [5, 5.41) is 14.5. The number of anilines is 1. The van der Waals surface area contributed by atoms with Crippen molar-refractivity contribution in [3.05, 3.63) is 54.6 Å². The summed E-state index contributed by atoms with van der Waals surface area (Å²) in [5.74, 6) is 1.46. The molecule has 122 valence electrons. The van der Waals surface area contributed by atoms with E-state index in [1.54, 1.807) is 29.2 Å². The Hall–Kier alpha value is -3.20. The number of carbonyl (C=O) groups is 1. The number of nitrogens with zero attached hydrogens (tertiary/aromatic N) is 2. The van der Waals surface area contributed by atoms with Crippen molar-refractivity contribution in [2.45, 2.75) is 12.5 Å². The molecular formula is C18H18N4O2. The predicted octanol–water partition coefficient (Wildman–Crippen LogP) is 3.16. The highest BCUT2D eigenvalue weighted by atomic mass is 16.5. The molecule has 1 unspecified atom stereocenters. The van der Waals surface area contributed by atoms with E-state index in [4.69, 9.17) is 10.00 Å². The number of rotatable bonds is 4. The van der Waals surface area contributed by atoms with Gasteiger partial charge in [-0.1, -0.05) is 18.2 Å². The summed E-state index contributed by atoms with van der Waals surface area (Å²) in [6.45, 7) is 1.25. The average molecular weight is 322 g/mol. The van der Waals surface area contributed by atoms with Gasteiger partial charge in [0.25, 0.3) is 0 Å². The van der Waals surface area contributed by atoms with Gasteiger partial charge in [0.2, 0.25) is 0 Å². The molecule has 1 saturated heterocycles. The monoisotopic (exact) mass is 322 g/mol. The van der Waals surface area contributed by atoms with Crippen molar-refractivity contribution in [2.24, 2.45) is 0 Å². The minimum atomic E-state index is -0.267. The van der Waals surface area contributed by atoms with Gasteiger partial charge < -0.3 is 20.3 Å². The van der Waals surface area contributed by atoms with E-state index in [-0.39, 0.29) is 12.1 Å². The zero-order chi connectivity index (χ0) is 16.8. The number of ether oxygens (including phenoxy) is 1. The van der Waals surface area contributed by atoms with Gasteiger partial charge in [-0.2, -0.15) is 5.26 Å². The van der Waals surface area contributed by atoms with Gasteiger partial charge in [0.05, 0.1) is 6.04 Å². The number of likely N-dealkylation sites (tertiary alicyclic amines) is 1. The van der Waals surface area contributed by atoms with Crippen molar-refractivity contribution in [3.8, 4) is 17.7 Å². The number of nitrogens with one attached hydrogen (secondary N) is 2. The molecule has 0 spiro atoms. The van der Waals surface area contributed by atoms with E-state index in [0.29, 0.717) is 24.5 Å². The summed E-state index contributed by atoms with van der Waals surface area (Å²) < 4.78 is 5.71. The van der Waals surface area contributed by atoms with Crippen LogP contribution in [0, 0.1) is 11.5 Å². The summed E-state index contributed by atoms with van der Waals surface area (Å²) in [6, 6.07) is 16.4. The van der Waals surface area contributed by atoms with E-state index in [2.05, 4.69) is 16.8 Å². The molecule has 0 aliphatic carbocycles. The molecule has 1 heterocycles. The molecule has 0 aromatic heterocycles. The molecule has 1 aliphatic heterocycles.